The molecule has 2 aromatic heterocycles. The van der Waals surface area contributed by atoms with Crippen molar-refractivity contribution in [3.8, 4) is 0 Å². The molecule has 0 saturated carbocycles. The molecule has 0 unspecified atom stereocenters. The van der Waals surface area contributed by atoms with Crippen LogP contribution in [-0.4, -0.2) is 22.3 Å². The topological polar surface area (TPSA) is 66.3 Å². The van der Waals surface area contributed by atoms with E-state index in [0.29, 0.717) is 24.1 Å². The summed E-state index contributed by atoms with van der Waals surface area (Å²) in [7, 11) is 0. The maximum absolute atomic E-state index is 13.0. The van der Waals surface area contributed by atoms with Crippen LogP contribution >= 0.6 is 0 Å². The van der Waals surface area contributed by atoms with Gasteiger partial charge in [-0.3, -0.25) is 9.59 Å². The summed E-state index contributed by atoms with van der Waals surface area (Å²) in [5.74, 6) is -0.146. The molecule has 0 spiro atoms. The Morgan fingerprint density at radius 1 is 1.11 bits per heavy atom. The highest BCUT2D eigenvalue weighted by Crippen LogP contribution is 2.28. The number of aromatic nitrogens is 1. The summed E-state index contributed by atoms with van der Waals surface area (Å²) in [4.78, 5) is 30.6. The molecule has 1 aliphatic heterocycles. The van der Waals surface area contributed by atoms with Gasteiger partial charge in [-0.15, -0.1) is 0 Å². The SMILES string of the molecule is Cc1ccc2c(=O)cc(C(=O)N3CCc4[nH]c5ccccc5c4C3)oc2c1. The number of aryl methyl sites for hydroxylation is 1. The van der Waals surface area contributed by atoms with Crippen LogP contribution in [0.2, 0.25) is 0 Å². The Labute approximate surface area is 155 Å². The second-order valence-corrected chi connectivity index (χ2v) is 7.08. The molecule has 1 amide bonds. The molecule has 5 rings (SSSR count). The molecule has 1 N–H and O–H groups in total. The maximum Gasteiger partial charge on any atom is 0.290 e. The van der Waals surface area contributed by atoms with Crippen molar-refractivity contribution in [1.82, 2.24) is 9.88 Å². The highest BCUT2D eigenvalue weighted by atomic mass is 16.3. The number of hydrogen-bond donors (Lipinski definition) is 1. The van der Waals surface area contributed by atoms with Gasteiger partial charge in [0.25, 0.3) is 5.91 Å². The number of carbonyl (C=O) groups is 1. The number of amides is 1. The van der Waals surface area contributed by atoms with Crippen molar-refractivity contribution < 1.29 is 9.21 Å². The summed E-state index contributed by atoms with van der Waals surface area (Å²) in [5.41, 5.74) is 4.65. The smallest absolute Gasteiger partial charge is 0.290 e. The number of H-pyrrole nitrogens is 1. The fourth-order valence-electron chi connectivity index (χ4n) is 3.86. The minimum atomic E-state index is -0.244. The van der Waals surface area contributed by atoms with E-state index in [0.717, 1.165) is 28.5 Å². The van der Waals surface area contributed by atoms with Crippen LogP contribution in [0.3, 0.4) is 0 Å². The van der Waals surface area contributed by atoms with Crippen LogP contribution in [0.4, 0.5) is 0 Å². The fraction of sp³-hybridized carbons (Fsp3) is 0.182. The number of para-hydroxylation sites is 1. The molecule has 4 aromatic rings. The lowest BCUT2D eigenvalue weighted by molar-refractivity contribution is 0.0703. The van der Waals surface area contributed by atoms with E-state index in [2.05, 4.69) is 11.1 Å². The highest BCUT2D eigenvalue weighted by Gasteiger charge is 2.26. The maximum atomic E-state index is 13.0. The number of nitrogens with zero attached hydrogens (tertiary/aromatic N) is 1. The molecule has 0 bridgehead atoms. The lowest BCUT2D eigenvalue weighted by Gasteiger charge is -2.26. The van der Waals surface area contributed by atoms with Gasteiger partial charge in [0.15, 0.2) is 11.2 Å². The monoisotopic (exact) mass is 358 g/mol. The molecular weight excluding hydrogens is 340 g/mol. The molecule has 5 nitrogen and oxygen atoms in total. The third kappa shape index (κ3) is 2.54. The van der Waals surface area contributed by atoms with Gasteiger partial charge in [-0.05, 0) is 30.7 Å². The molecule has 0 fully saturated rings. The van der Waals surface area contributed by atoms with Gasteiger partial charge in [0.05, 0.1) is 5.39 Å². The fourth-order valence-corrected chi connectivity index (χ4v) is 3.86. The van der Waals surface area contributed by atoms with Crippen molar-refractivity contribution in [2.45, 2.75) is 19.9 Å². The predicted octanol–water partition coefficient (Wildman–Crippen LogP) is 3.78. The van der Waals surface area contributed by atoms with E-state index < -0.39 is 0 Å². The normalized spacial score (nSPS) is 13.9. The van der Waals surface area contributed by atoms with Crippen molar-refractivity contribution in [3.05, 3.63) is 81.3 Å². The Kier molecular flexibility index (Phi) is 3.44. The number of nitrogens with one attached hydrogen (secondary N) is 1. The number of aromatic amines is 1. The minimum Gasteiger partial charge on any atom is -0.451 e. The third-order valence-electron chi connectivity index (χ3n) is 5.27. The molecule has 0 saturated heterocycles. The zero-order valence-corrected chi connectivity index (χ0v) is 14.9. The van der Waals surface area contributed by atoms with Gasteiger partial charge in [-0.1, -0.05) is 24.3 Å². The summed E-state index contributed by atoms with van der Waals surface area (Å²) in [5, 5.41) is 1.63. The van der Waals surface area contributed by atoms with Crippen LogP contribution < -0.4 is 5.43 Å². The first-order valence-corrected chi connectivity index (χ1v) is 9.02. The van der Waals surface area contributed by atoms with E-state index in [1.165, 1.54) is 11.8 Å². The minimum absolute atomic E-state index is 0.0985. The summed E-state index contributed by atoms with van der Waals surface area (Å²) in [6.45, 7) is 3.03. The second kappa shape index (κ2) is 5.84. The van der Waals surface area contributed by atoms with Crippen LogP contribution in [0, 0.1) is 6.92 Å². The molecule has 5 heteroatoms. The Hall–Kier alpha value is -3.34. The van der Waals surface area contributed by atoms with Crippen molar-refractivity contribution in [2.24, 2.45) is 0 Å². The van der Waals surface area contributed by atoms with Gasteiger partial charge in [-0.25, -0.2) is 0 Å². The van der Waals surface area contributed by atoms with Gasteiger partial charge in [0.1, 0.15) is 5.58 Å². The van der Waals surface area contributed by atoms with Crippen LogP contribution in [-0.2, 0) is 13.0 Å². The van der Waals surface area contributed by atoms with Gasteiger partial charge in [0.2, 0.25) is 0 Å². The summed E-state index contributed by atoms with van der Waals surface area (Å²) in [6, 6.07) is 14.8. The molecule has 3 heterocycles. The molecule has 1 aliphatic rings. The molecule has 0 radical (unpaired) electrons. The molecular formula is C22H18N2O3. The van der Waals surface area contributed by atoms with Crippen LogP contribution in [0.5, 0.6) is 0 Å². The average Bonchev–Trinajstić information content (AvgIpc) is 3.04. The van der Waals surface area contributed by atoms with Gasteiger partial charge in [0, 0.05) is 47.7 Å². The van der Waals surface area contributed by atoms with E-state index in [9.17, 15) is 9.59 Å². The van der Waals surface area contributed by atoms with E-state index >= 15 is 0 Å². The largest absolute Gasteiger partial charge is 0.451 e. The molecule has 27 heavy (non-hydrogen) atoms. The second-order valence-electron chi connectivity index (χ2n) is 7.08. The van der Waals surface area contributed by atoms with E-state index in [-0.39, 0.29) is 17.1 Å². The van der Waals surface area contributed by atoms with Crippen molar-refractivity contribution >= 4 is 27.8 Å². The standard InChI is InChI=1S/C22H18N2O3/c1-13-6-7-15-19(25)11-21(27-20(15)10-13)22(26)24-9-8-18-16(12-24)14-4-2-3-5-17(14)23-18/h2-7,10-11,23H,8-9,12H2,1H3. The first-order valence-electron chi connectivity index (χ1n) is 9.02. The first kappa shape index (κ1) is 15.9. The van der Waals surface area contributed by atoms with E-state index in [1.807, 2.05) is 31.2 Å². The molecule has 134 valence electrons. The Morgan fingerprint density at radius 3 is 2.85 bits per heavy atom. The van der Waals surface area contributed by atoms with Crippen LogP contribution in [0.25, 0.3) is 21.9 Å². The van der Waals surface area contributed by atoms with Crippen LogP contribution in [0.15, 0.2) is 57.7 Å². The number of hydrogen-bond acceptors (Lipinski definition) is 3. The van der Waals surface area contributed by atoms with Gasteiger partial charge < -0.3 is 14.3 Å². The summed E-state index contributed by atoms with van der Waals surface area (Å²) in [6.07, 6.45) is 0.757. The predicted molar refractivity (Wildman–Crippen MR) is 104 cm³/mol. The Bertz CT molecular complexity index is 1270. The van der Waals surface area contributed by atoms with E-state index in [1.54, 1.807) is 17.0 Å². The van der Waals surface area contributed by atoms with Crippen molar-refractivity contribution in [3.63, 3.8) is 0 Å². The Balaban J connectivity index is 1.53. The van der Waals surface area contributed by atoms with Crippen molar-refractivity contribution in [2.75, 3.05) is 6.54 Å². The molecule has 0 aliphatic carbocycles. The van der Waals surface area contributed by atoms with Crippen LogP contribution in [0.1, 0.15) is 27.4 Å². The average molecular weight is 358 g/mol. The lowest BCUT2D eigenvalue weighted by atomic mass is 10.0. The van der Waals surface area contributed by atoms with Gasteiger partial charge in [-0.2, -0.15) is 0 Å². The Morgan fingerprint density at radius 2 is 1.96 bits per heavy atom. The third-order valence-corrected chi connectivity index (χ3v) is 5.27. The quantitative estimate of drug-likeness (QED) is 0.563. The van der Waals surface area contributed by atoms with Crippen molar-refractivity contribution in [1.29, 1.82) is 0 Å². The number of benzene rings is 2. The first-order chi connectivity index (χ1) is 13.1. The lowest BCUT2D eigenvalue weighted by Crippen LogP contribution is -2.36. The molecule has 0 atom stereocenters. The zero-order chi connectivity index (χ0) is 18.5. The highest BCUT2D eigenvalue weighted by molar-refractivity contribution is 5.94. The number of carbonyl (C=O) groups excluding carboxylic acids is 1. The number of rotatable bonds is 1. The summed E-state index contributed by atoms with van der Waals surface area (Å²) >= 11 is 0. The summed E-state index contributed by atoms with van der Waals surface area (Å²) < 4.78 is 5.80. The van der Waals surface area contributed by atoms with E-state index in [4.69, 9.17) is 4.42 Å². The van der Waals surface area contributed by atoms with Gasteiger partial charge >= 0.3 is 0 Å². The molecule has 2 aromatic carbocycles. The number of fused-ring (bicyclic) bond motifs is 4. The zero-order valence-electron chi connectivity index (χ0n) is 14.9.